The smallest absolute Gasteiger partial charge is 0.319 e. The number of urea groups is 1. The number of carbonyl (C=O) groups excluding carboxylic acids is 3. The van der Waals surface area contributed by atoms with Crippen LogP contribution in [0.25, 0.3) is 0 Å². The van der Waals surface area contributed by atoms with Gasteiger partial charge in [-0.25, -0.2) is 13.6 Å². The average molecular weight is 597 g/mol. The number of aliphatic carboxylic acids is 1. The van der Waals surface area contributed by atoms with Crippen LogP contribution in [0.4, 0.5) is 30.6 Å². The number of para-hydroxylation sites is 2. The highest BCUT2D eigenvalue weighted by Crippen LogP contribution is 2.29. The number of anilines is 3. The fourth-order valence-corrected chi connectivity index (χ4v) is 4.04. The van der Waals surface area contributed by atoms with Gasteiger partial charge in [-0.3, -0.25) is 14.4 Å². The van der Waals surface area contributed by atoms with Crippen LogP contribution in [0.5, 0.6) is 5.75 Å². The summed E-state index contributed by atoms with van der Waals surface area (Å²) in [5.41, 5.74) is 1.27. The van der Waals surface area contributed by atoms with Crippen molar-refractivity contribution in [3.63, 3.8) is 0 Å². The van der Waals surface area contributed by atoms with E-state index in [-0.39, 0.29) is 30.3 Å². The highest BCUT2D eigenvalue weighted by molar-refractivity contribution is 5.99. The minimum absolute atomic E-state index is 0.0195. The Labute approximate surface area is 248 Å². The molecule has 0 saturated heterocycles. The molecular formula is C31H34F2N4O6. The molecule has 10 nitrogen and oxygen atoms in total. The number of likely N-dealkylation sites (N-methyl/N-ethyl adjacent to an activating group) is 1. The van der Waals surface area contributed by atoms with Crippen LogP contribution in [-0.4, -0.2) is 55.7 Å². The van der Waals surface area contributed by atoms with Gasteiger partial charge >= 0.3 is 12.0 Å². The minimum Gasteiger partial charge on any atom is -0.482 e. The Kier molecular flexibility index (Phi) is 11.6. The molecule has 0 aliphatic carbocycles. The first-order valence-corrected chi connectivity index (χ1v) is 13.5. The second kappa shape index (κ2) is 15.3. The van der Waals surface area contributed by atoms with E-state index in [1.54, 1.807) is 42.5 Å². The predicted molar refractivity (Wildman–Crippen MR) is 158 cm³/mol. The largest absolute Gasteiger partial charge is 0.482 e. The SMILES string of the molecule is CC(C)CCN(C(=O)CNC(=O)Nc1cccc(CC(=O)O)c1)c1ccccc1OCC(=O)N(C)c1cc(F)cc(F)c1. The summed E-state index contributed by atoms with van der Waals surface area (Å²) in [5.74, 6) is -3.19. The molecule has 4 amide bonds. The van der Waals surface area contributed by atoms with Crippen molar-refractivity contribution in [1.82, 2.24) is 5.32 Å². The van der Waals surface area contributed by atoms with Gasteiger partial charge in [0.2, 0.25) is 5.91 Å². The Hall–Kier alpha value is -5.00. The van der Waals surface area contributed by atoms with Crippen LogP contribution in [0.1, 0.15) is 25.8 Å². The maximum atomic E-state index is 13.6. The van der Waals surface area contributed by atoms with E-state index in [4.69, 9.17) is 9.84 Å². The van der Waals surface area contributed by atoms with E-state index in [0.717, 1.165) is 17.0 Å². The molecule has 3 aromatic carbocycles. The highest BCUT2D eigenvalue weighted by Gasteiger charge is 2.22. The molecule has 3 N–H and O–H groups in total. The molecule has 0 atom stereocenters. The van der Waals surface area contributed by atoms with E-state index < -0.39 is 42.1 Å². The third-order valence-corrected chi connectivity index (χ3v) is 6.29. The van der Waals surface area contributed by atoms with Gasteiger partial charge in [-0.05, 0) is 54.3 Å². The van der Waals surface area contributed by atoms with Gasteiger partial charge < -0.3 is 30.3 Å². The third kappa shape index (κ3) is 10.1. The molecular weight excluding hydrogens is 562 g/mol. The lowest BCUT2D eigenvalue weighted by molar-refractivity contribution is -0.136. The standard InChI is InChI=1S/C31H34F2N4O6/c1-20(2)11-12-37(28(38)18-34-31(42)35-24-8-6-7-21(13-24)14-30(40)41)26-9-4-5-10-27(26)43-19-29(39)36(3)25-16-22(32)15-23(33)17-25/h4-10,13,15-17,20H,11-12,14,18-19H2,1-3H3,(H,40,41)(H2,34,35,42). The number of amides is 4. The third-order valence-electron chi connectivity index (χ3n) is 6.29. The first kappa shape index (κ1) is 32.5. The van der Waals surface area contributed by atoms with Gasteiger partial charge in [-0.2, -0.15) is 0 Å². The number of halogens is 2. The summed E-state index contributed by atoms with van der Waals surface area (Å²) in [4.78, 5) is 52.1. The van der Waals surface area contributed by atoms with E-state index in [9.17, 15) is 28.0 Å². The number of carboxylic acids is 1. The zero-order valence-electron chi connectivity index (χ0n) is 24.1. The molecule has 0 heterocycles. The van der Waals surface area contributed by atoms with Crippen LogP contribution < -0.4 is 25.2 Å². The summed E-state index contributed by atoms with van der Waals surface area (Å²) in [6.45, 7) is 3.46. The fourth-order valence-electron chi connectivity index (χ4n) is 4.04. The lowest BCUT2D eigenvalue weighted by Crippen LogP contribution is -2.42. The van der Waals surface area contributed by atoms with Crippen molar-refractivity contribution in [2.75, 3.05) is 41.9 Å². The molecule has 0 aromatic heterocycles. The van der Waals surface area contributed by atoms with E-state index in [2.05, 4.69) is 10.6 Å². The zero-order valence-corrected chi connectivity index (χ0v) is 24.1. The average Bonchev–Trinajstić information content (AvgIpc) is 2.94. The number of rotatable bonds is 13. The van der Waals surface area contributed by atoms with Crippen molar-refractivity contribution < 1.29 is 37.8 Å². The highest BCUT2D eigenvalue weighted by atomic mass is 19.1. The number of benzene rings is 3. The first-order valence-electron chi connectivity index (χ1n) is 13.5. The molecule has 0 radical (unpaired) electrons. The molecule has 12 heteroatoms. The molecule has 0 spiro atoms. The molecule has 0 aliphatic heterocycles. The van der Waals surface area contributed by atoms with E-state index >= 15 is 0 Å². The molecule has 0 saturated carbocycles. The number of hydrogen-bond acceptors (Lipinski definition) is 5. The van der Waals surface area contributed by atoms with Gasteiger partial charge in [0, 0.05) is 31.0 Å². The second-order valence-electron chi connectivity index (χ2n) is 10.1. The number of carbonyl (C=O) groups is 4. The van der Waals surface area contributed by atoms with Crippen LogP contribution >= 0.6 is 0 Å². The summed E-state index contributed by atoms with van der Waals surface area (Å²) < 4.78 is 33.0. The molecule has 43 heavy (non-hydrogen) atoms. The van der Waals surface area contributed by atoms with Gasteiger partial charge in [0.15, 0.2) is 6.61 Å². The molecule has 0 unspecified atom stereocenters. The van der Waals surface area contributed by atoms with Crippen molar-refractivity contribution in [1.29, 1.82) is 0 Å². The number of nitrogens with one attached hydrogen (secondary N) is 2. The topological polar surface area (TPSA) is 128 Å². The molecule has 0 bridgehead atoms. The summed E-state index contributed by atoms with van der Waals surface area (Å²) in [7, 11) is 1.36. The number of ether oxygens (including phenoxy) is 1. The van der Waals surface area contributed by atoms with Crippen molar-refractivity contribution in [2.45, 2.75) is 26.7 Å². The van der Waals surface area contributed by atoms with Crippen molar-refractivity contribution in [2.24, 2.45) is 5.92 Å². The maximum absolute atomic E-state index is 13.6. The van der Waals surface area contributed by atoms with Gasteiger partial charge in [-0.15, -0.1) is 0 Å². The Morgan fingerprint density at radius 3 is 2.30 bits per heavy atom. The van der Waals surface area contributed by atoms with Crippen LogP contribution in [0, 0.1) is 17.6 Å². The fraction of sp³-hybridized carbons (Fsp3) is 0.290. The maximum Gasteiger partial charge on any atom is 0.319 e. The summed E-state index contributed by atoms with van der Waals surface area (Å²) in [6, 6.07) is 15.1. The molecule has 3 aromatic rings. The van der Waals surface area contributed by atoms with Crippen molar-refractivity contribution in [3.8, 4) is 5.75 Å². The zero-order chi connectivity index (χ0) is 31.5. The predicted octanol–water partition coefficient (Wildman–Crippen LogP) is 4.83. The second-order valence-corrected chi connectivity index (χ2v) is 10.1. The Bertz CT molecular complexity index is 1450. The normalized spacial score (nSPS) is 10.7. The van der Waals surface area contributed by atoms with Gasteiger partial charge in [0.1, 0.15) is 17.4 Å². The molecule has 0 aliphatic rings. The van der Waals surface area contributed by atoms with Crippen LogP contribution in [0.2, 0.25) is 0 Å². The summed E-state index contributed by atoms with van der Waals surface area (Å²) >= 11 is 0. The number of nitrogens with zero attached hydrogens (tertiary/aromatic N) is 2. The van der Waals surface area contributed by atoms with Gasteiger partial charge in [-0.1, -0.05) is 38.1 Å². The van der Waals surface area contributed by atoms with Crippen LogP contribution in [0.3, 0.4) is 0 Å². The molecule has 228 valence electrons. The van der Waals surface area contributed by atoms with E-state index in [0.29, 0.717) is 36.0 Å². The van der Waals surface area contributed by atoms with Crippen molar-refractivity contribution in [3.05, 3.63) is 83.9 Å². The van der Waals surface area contributed by atoms with Gasteiger partial charge in [0.05, 0.1) is 18.7 Å². The Balaban J connectivity index is 1.69. The van der Waals surface area contributed by atoms with Gasteiger partial charge in [0.25, 0.3) is 5.91 Å². The molecule has 0 fully saturated rings. The van der Waals surface area contributed by atoms with Crippen LogP contribution in [0.15, 0.2) is 66.7 Å². The lowest BCUT2D eigenvalue weighted by atomic mass is 10.1. The monoisotopic (exact) mass is 596 g/mol. The summed E-state index contributed by atoms with van der Waals surface area (Å²) in [5, 5.41) is 14.1. The summed E-state index contributed by atoms with van der Waals surface area (Å²) in [6.07, 6.45) is 0.433. The first-order chi connectivity index (χ1) is 20.4. The Morgan fingerprint density at radius 2 is 1.63 bits per heavy atom. The van der Waals surface area contributed by atoms with Crippen LogP contribution in [-0.2, 0) is 20.8 Å². The lowest BCUT2D eigenvalue weighted by Gasteiger charge is -2.26. The Morgan fingerprint density at radius 1 is 0.930 bits per heavy atom. The number of hydrogen-bond donors (Lipinski definition) is 3. The minimum atomic E-state index is -1.00. The number of carboxylic acid groups (broad SMARTS) is 1. The van der Waals surface area contributed by atoms with E-state index in [1.807, 2.05) is 13.8 Å². The van der Waals surface area contributed by atoms with Crippen molar-refractivity contribution >= 4 is 40.9 Å². The van der Waals surface area contributed by atoms with E-state index in [1.165, 1.54) is 18.0 Å². The molecule has 3 rings (SSSR count). The quantitative estimate of drug-likeness (QED) is 0.259.